The lowest BCUT2D eigenvalue weighted by atomic mass is 9.89. The minimum absolute atomic E-state index is 0.122. The van der Waals surface area contributed by atoms with E-state index in [9.17, 15) is 19.1 Å². The van der Waals surface area contributed by atoms with Gasteiger partial charge in [0.15, 0.2) is 4.96 Å². The van der Waals surface area contributed by atoms with Crippen LogP contribution in [0.1, 0.15) is 17.2 Å². The number of carboxylic acid groups (broad SMARTS) is 1. The Morgan fingerprint density at radius 3 is 2.92 bits per heavy atom. The fourth-order valence-electron chi connectivity index (χ4n) is 3.46. The zero-order valence-corrected chi connectivity index (χ0v) is 14.5. The predicted molar refractivity (Wildman–Crippen MR) is 93.6 cm³/mol. The molecule has 2 atom stereocenters. The van der Waals surface area contributed by atoms with Gasteiger partial charge in [-0.1, -0.05) is 12.1 Å². The van der Waals surface area contributed by atoms with Gasteiger partial charge >= 0.3 is 5.97 Å². The van der Waals surface area contributed by atoms with E-state index in [0.29, 0.717) is 11.3 Å². The van der Waals surface area contributed by atoms with Crippen molar-refractivity contribution in [3.05, 3.63) is 59.1 Å². The average Bonchev–Trinajstić information content (AvgIpc) is 3.28. The summed E-state index contributed by atoms with van der Waals surface area (Å²) >= 11 is 1.48. The SMILES string of the molecule is O=C(O)[C@@H]1CN(C(=O)Cc2cn3ccsc3n2)C[C@H]1c1cccc(F)c1. The van der Waals surface area contributed by atoms with E-state index in [-0.39, 0.29) is 25.4 Å². The number of amides is 1. The van der Waals surface area contributed by atoms with Crippen molar-refractivity contribution in [3.8, 4) is 0 Å². The van der Waals surface area contributed by atoms with E-state index in [2.05, 4.69) is 4.98 Å². The molecule has 6 nitrogen and oxygen atoms in total. The van der Waals surface area contributed by atoms with Crippen molar-refractivity contribution in [1.29, 1.82) is 0 Å². The van der Waals surface area contributed by atoms with Gasteiger partial charge in [0.25, 0.3) is 0 Å². The molecule has 26 heavy (non-hydrogen) atoms. The van der Waals surface area contributed by atoms with Crippen LogP contribution in [0.3, 0.4) is 0 Å². The number of aromatic nitrogens is 2. The van der Waals surface area contributed by atoms with Crippen molar-refractivity contribution < 1.29 is 19.1 Å². The van der Waals surface area contributed by atoms with Gasteiger partial charge in [-0.2, -0.15) is 0 Å². The molecule has 1 aliphatic heterocycles. The molecule has 1 amide bonds. The molecule has 0 aliphatic carbocycles. The van der Waals surface area contributed by atoms with E-state index in [1.165, 1.54) is 23.5 Å². The van der Waals surface area contributed by atoms with E-state index in [1.807, 2.05) is 16.0 Å². The topological polar surface area (TPSA) is 74.9 Å². The summed E-state index contributed by atoms with van der Waals surface area (Å²) in [6.45, 7) is 0.388. The molecule has 1 fully saturated rings. The highest BCUT2D eigenvalue weighted by Crippen LogP contribution is 2.33. The van der Waals surface area contributed by atoms with Crippen molar-refractivity contribution in [1.82, 2.24) is 14.3 Å². The number of aliphatic carboxylic acids is 1. The van der Waals surface area contributed by atoms with E-state index >= 15 is 0 Å². The van der Waals surface area contributed by atoms with Crippen LogP contribution in [0.15, 0.2) is 42.0 Å². The molecule has 3 heterocycles. The maximum absolute atomic E-state index is 13.5. The number of carbonyl (C=O) groups excluding carboxylic acids is 1. The predicted octanol–water partition coefficient (Wildman–Crippen LogP) is 2.40. The molecule has 2 aromatic heterocycles. The quantitative estimate of drug-likeness (QED) is 0.762. The second kappa shape index (κ2) is 6.53. The Labute approximate surface area is 152 Å². The number of likely N-dealkylation sites (tertiary alicyclic amines) is 1. The third-order valence-electron chi connectivity index (χ3n) is 4.74. The second-order valence-electron chi connectivity index (χ2n) is 6.41. The summed E-state index contributed by atoms with van der Waals surface area (Å²) in [4.78, 5) is 31.0. The van der Waals surface area contributed by atoms with Gasteiger partial charge in [-0.15, -0.1) is 11.3 Å². The molecule has 134 valence electrons. The molecule has 0 radical (unpaired) electrons. The Bertz CT molecular complexity index is 954. The summed E-state index contributed by atoms with van der Waals surface area (Å²) in [5.41, 5.74) is 1.26. The Kier molecular flexibility index (Phi) is 4.20. The van der Waals surface area contributed by atoms with Crippen molar-refractivity contribution in [2.75, 3.05) is 13.1 Å². The highest BCUT2D eigenvalue weighted by atomic mass is 32.1. The molecular weight excluding hydrogens is 357 g/mol. The van der Waals surface area contributed by atoms with Crippen LogP contribution in [0.25, 0.3) is 4.96 Å². The minimum Gasteiger partial charge on any atom is -0.481 e. The number of hydrogen-bond donors (Lipinski definition) is 1. The lowest BCUT2D eigenvalue weighted by molar-refractivity contribution is -0.141. The summed E-state index contributed by atoms with van der Waals surface area (Å²) < 4.78 is 15.4. The number of halogens is 1. The van der Waals surface area contributed by atoms with Gasteiger partial charge in [-0.25, -0.2) is 9.37 Å². The zero-order valence-electron chi connectivity index (χ0n) is 13.7. The third-order valence-corrected chi connectivity index (χ3v) is 5.51. The lowest BCUT2D eigenvalue weighted by Gasteiger charge is -2.16. The van der Waals surface area contributed by atoms with Crippen LogP contribution in [0.4, 0.5) is 4.39 Å². The van der Waals surface area contributed by atoms with Crippen molar-refractivity contribution in [2.45, 2.75) is 12.3 Å². The molecule has 0 saturated carbocycles. The number of nitrogens with zero attached hydrogens (tertiary/aromatic N) is 3. The molecular formula is C18H16FN3O3S. The smallest absolute Gasteiger partial charge is 0.308 e. The number of fused-ring (bicyclic) bond motifs is 1. The summed E-state index contributed by atoms with van der Waals surface area (Å²) in [6, 6.07) is 5.94. The number of carbonyl (C=O) groups is 2. The molecule has 0 spiro atoms. The van der Waals surface area contributed by atoms with Gasteiger partial charge in [-0.3, -0.25) is 14.0 Å². The number of carboxylic acids is 1. The zero-order chi connectivity index (χ0) is 18.3. The van der Waals surface area contributed by atoms with Crippen LogP contribution in [-0.4, -0.2) is 44.4 Å². The molecule has 3 aromatic rings. The van der Waals surface area contributed by atoms with Gasteiger partial charge in [0.1, 0.15) is 5.82 Å². The maximum atomic E-state index is 13.5. The Hall–Kier alpha value is -2.74. The molecule has 1 aliphatic rings. The highest BCUT2D eigenvalue weighted by molar-refractivity contribution is 7.15. The van der Waals surface area contributed by atoms with Crippen molar-refractivity contribution in [3.63, 3.8) is 0 Å². The van der Waals surface area contributed by atoms with Crippen molar-refractivity contribution in [2.24, 2.45) is 5.92 Å². The first-order valence-electron chi connectivity index (χ1n) is 8.18. The molecule has 1 saturated heterocycles. The average molecular weight is 373 g/mol. The van der Waals surface area contributed by atoms with Gasteiger partial charge < -0.3 is 10.0 Å². The molecule has 0 bridgehead atoms. The number of rotatable bonds is 4. The Morgan fingerprint density at radius 2 is 2.19 bits per heavy atom. The van der Waals surface area contributed by atoms with Gasteiger partial charge in [-0.05, 0) is 17.7 Å². The summed E-state index contributed by atoms with van der Waals surface area (Å²) in [7, 11) is 0. The van der Waals surface area contributed by atoms with Gasteiger partial charge in [0.05, 0.1) is 18.0 Å². The maximum Gasteiger partial charge on any atom is 0.308 e. The van der Waals surface area contributed by atoms with Crippen LogP contribution in [0.5, 0.6) is 0 Å². The van der Waals surface area contributed by atoms with E-state index in [4.69, 9.17) is 0 Å². The number of imidazole rings is 1. The molecule has 1 aromatic carbocycles. The van der Waals surface area contributed by atoms with E-state index in [1.54, 1.807) is 23.2 Å². The highest BCUT2D eigenvalue weighted by Gasteiger charge is 2.40. The summed E-state index contributed by atoms with van der Waals surface area (Å²) in [6.07, 6.45) is 3.80. The van der Waals surface area contributed by atoms with Crippen LogP contribution in [0, 0.1) is 11.7 Å². The van der Waals surface area contributed by atoms with Crippen LogP contribution >= 0.6 is 11.3 Å². The first kappa shape index (κ1) is 16.7. The van der Waals surface area contributed by atoms with Crippen molar-refractivity contribution >= 4 is 28.2 Å². The largest absolute Gasteiger partial charge is 0.481 e. The first-order chi connectivity index (χ1) is 12.5. The van der Waals surface area contributed by atoms with Gasteiger partial charge in [0, 0.05) is 36.8 Å². The second-order valence-corrected chi connectivity index (χ2v) is 7.28. The molecule has 0 unspecified atom stereocenters. The van der Waals surface area contributed by atoms with E-state index in [0.717, 1.165) is 4.96 Å². The summed E-state index contributed by atoms with van der Waals surface area (Å²) in [5.74, 6) is -2.71. The Balaban J connectivity index is 1.52. The monoisotopic (exact) mass is 373 g/mol. The van der Waals surface area contributed by atoms with E-state index < -0.39 is 23.6 Å². The normalized spacial score (nSPS) is 20.0. The Morgan fingerprint density at radius 1 is 1.35 bits per heavy atom. The molecule has 4 rings (SSSR count). The number of thiazole rings is 1. The third kappa shape index (κ3) is 3.08. The standard InChI is InChI=1S/C18H16FN3O3S/c19-12-3-1-2-11(6-12)14-9-22(10-15(14)17(24)25)16(23)7-13-8-21-4-5-26-18(21)20-13/h1-6,8,14-15H,7,9-10H2,(H,24,25)/t14-,15+/m0/s1. The number of benzene rings is 1. The first-order valence-corrected chi connectivity index (χ1v) is 9.06. The summed E-state index contributed by atoms with van der Waals surface area (Å²) in [5, 5.41) is 11.4. The van der Waals surface area contributed by atoms with Crippen LogP contribution in [0.2, 0.25) is 0 Å². The van der Waals surface area contributed by atoms with Crippen LogP contribution < -0.4 is 0 Å². The molecule has 8 heteroatoms. The lowest BCUT2D eigenvalue weighted by Crippen LogP contribution is -2.31. The van der Waals surface area contributed by atoms with Crippen LogP contribution in [-0.2, 0) is 16.0 Å². The van der Waals surface area contributed by atoms with Gasteiger partial charge in [0.2, 0.25) is 5.91 Å². The number of hydrogen-bond acceptors (Lipinski definition) is 4. The molecule has 1 N–H and O–H groups in total. The fourth-order valence-corrected chi connectivity index (χ4v) is 4.18. The fraction of sp³-hybridized carbons (Fsp3) is 0.278. The minimum atomic E-state index is -0.975.